The summed E-state index contributed by atoms with van der Waals surface area (Å²) in [6.45, 7) is 7.91. The zero-order valence-electron chi connectivity index (χ0n) is 26.3. The van der Waals surface area contributed by atoms with Crippen molar-refractivity contribution >= 4 is 5.91 Å². The highest BCUT2D eigenvalue weighted by atomic mass is 16.5. The maximum absolute atomic E-state index is 13.3. The molecule has 0 spiro atoms. The number of hydrogen-bond acceptors (Lipinski definition) is 10. The van der Waals surface area contributed by atoms with Gasteiger partial charge in [-0.2, -0.15) is 0 Å². The van der Waals surface area contributed by atoms with Crippen molar-refractivity contribution in [2.24, 2.45) is 17.8 Å². The molecule has 242 valence electrons. The molecule has 5 aliphatic rings. The number of likely N-dealkylation sites (tertiary alicyclic amines) is 1. The molecular weight excluding hydrogens is 536 g/mol. The maximum Gasteiger partial charge on any atom is 0.223 e. The minimum absolute atomic E-state index is 0.0614. The molecule has 0 aromatic carbocycles. The van der Waals surface area contributed by atoms with Gasteiger partial charge in [0.05, 0.1) is 50.6 Å². The molecule has 42 heavy (non-hydrogen) atoms. The van der Waals surface area contributed by atoms with Crippen molar-refractivity contribution in [1.82, 2.24) is 31.1 Å². The van der Waals surface area contributed by atoms with Crippen LogP contribution in [0.4, 0.5) is 0 Å². The molecule has 9 atom stereocenters. The van der Waals surface area contributed by atoms with Crippen LogP contribution in [0.3, 0.4) is 0 Å². The molecule has 3 aliphatic heterocycles. The van der Waals surface area contributed by atoms with Crippen molar-refractivity contribution in [2.75, 3.05) is 66.8 Å². The van der Waals surface area contributed by atoms with Gasteiger partial charge in [0.1, 0.15) is 0 Å². The highest BCUT2D eigenvalue weighted by Gasteiger charge is 2.38. The summed E-state index contributed by atoms with van der Waals surface area (Å²) in [7, 11) is 3.81. The summed E-state index contributed by atoms with van der Waals surface area (Å²) in [6.07, 6.45) is 10.0. The Kier molecular flexibility index (Phi) is 12.3. The summed E-state index contributed by atoms with van der Waals surface area (Å²) >= 11 is 0. The van der Waals surface area contributed by atoms with Crippen molar-refractivity contribution in [2.45, 2.75) is 107 Å². The maximum atomic E-state index is 13.3. The van der Waals surface area contributed by atoms with Crippen LogP contribution in [0.1, 0.15) is 64.7 Å². The minimum atomic E-state index is -0.557. The third-order valence-corrected chi connectivity index (χ3v) is 10.7. The van der Waals surface area contributed by atoms with E-state index in [1.807, 2.05) is 0 Å². The number of amides is 1. The highest BCUT2D eigenvalue weighted by molar-refractivity contribution is 5.78. The van der Waals surface area contributed by atoms with Gasteiger partial charge >= 0.3 is 0 Å². The van der Waals surface area contributed by atoms with E-state index in [2.05, 4.69) is 45.0 Å². The van der Waals surface area contributed by atoms with Gasteiger partial charge in [-0.3, -0.25) is 25.6 Å². The first kappa shape index (κ1) is 32.5. The lowest BCUT2D eigenvalue weighted by molar-refractivity contribution is -0.128. The highest BCUT2D eigenvalue weighted by Crippen LogP contribution is 2.37. The number of fused-ring (bicyclic) bond motifs is 1. The third kappa shape index (κ3) is 9.08. The molecule has 0 aromatic heterocycles. The topological polar surface area (TPSA) is 120 Å². The Bertz CT molecular complexity index is 836. The first-order valence-corrected chi connectivity index (χ1v) is 16.7. The van der Waals surface area contributed by atoms with Crippen LogP contribution in [-0.2, 0) is 19.0 Å². The van der Waals surface area contributed by atoms with E-state index in [0.717, 1.165) is 51.7 Å². The number of ether oxygens (including phenoxy) is 3. The van der Waals surface area contributed by atoms with E-state index in [1.54, 1.807) is 7.11 Å². The van der Waals surface area contributed by atoms with Gasteiger partial charge in [0, 0.05) is 51.3 Å². The molecular formula is C31H58N6O5. The van der Waals surface area contributed by atoms with Gasteiger partial charge < -0.3 is 29.5 Å². The van der Waals surface area contributed by atoms with E-state index in [0.29, 0.717) is 63.1 Å². The number of hydrogen-bond donors (Lipinski definition) is 5. The van der Waals surface area contributed by atoms with E-state index in [-0.39, 0.29) is 30.3 Å². The summed E-state index contributed by atoms with van der Waals surface area (Å²) in [6, 6.07) is 0.909. The van der Waals surface area contributed by atoms with Crippen LogP contribution in [0.25, 0.3) is 0 Å². The summed E-state index contributed by atoms with van der Waals surface area (Å²) in [4.78, 5) is 18.0. The molecule has 0 radical (unpaired) electrons. The largest absolute Gasteiger partial charge is 0.390 e. The molecule has 8 unspecified atom stereocenters. The van der Waals surface area contributed by atoms with Gasteiger partial charge in [0.25, 0.3) is 0 Å². The second-order valence-electron chi connectivity index (χ2n) is 13.7. The predicted molar refractivity (Wildman–Crippen MR) is 162 cm³/mol. The van der Waals surface area contributed by atoms with Crippen molar-refractivity contribution in [3.05, 3.63) is 0 Å². The van der Waals surface area contributed by atoms with Crippen molar-refractivity contribution in [1.29, 1.82) is 0 Å². The van der Waals surface area contributed by atoms with Gasteiger partial charge in [-0.15, -0.1) is 0 Å². The zero-order valence-corrected chi connectivity index (χ0v) is 26.3. The number of carbonyl (C=O) groups is 1. The average molecular weight is 595 g/mol. The number of nitrogens with zero attached hydrogens (tertiary/aromatic N) is 2. The lowest BCUT2D eigenvalue weighted by atomic mass is 9.74. The first-order valence-electron chi connectivity index (χ1n) is 16.7. The second kappa shape index (κ2) is 15.9. The normalized spacial score (nSPS) is 36.9. The molecule has 11 nitrogen and oxygen atoms in total. The molecule has 5 fully saturated rings. The number of methoxy groups -OCH3 is 1. The molecule has 0 aromatic rings. The van der Waals surface area contributed by atoms with Gasteiger partial charge in [-0.1, -0.05) is 6.42 Å². The van der Waals surface area contributed by atoms with Crippen LogP contribution in [-0.4, -0.2) is 130 Å². The van der Waals surface area contributed by atoms with Crippen molar-refractivity contribution < 1.29 is 24.1 Å². The Balaban J connectivity index is 1.02. The minimum Gasteiger partial charge on any atom is -0.390 e. The number of likely N-dealkylation sites (N-methyl/N-ethyl adjacent to an activating group) is 1. The zero-order chi connectivity index (χ0) is 29.5. The van der Waals surface area contributed by atoms with Crippen molar-refractivity contribution in [3.63, 3.8) is 0 Å². The quantitative estimate of drug-likeness (QED) is 0.196. The summed E-state index contributed by atoms with van der Waals surface area (Å²) in [5, 5.41) is 24.8. The number of rotatable bonds is 14. The average Bonchev–Trinajstić information content (AvgIpc) is 3.39. The van der Waals surface area contributed by atoms with Gasteiger partial charge in [-0.25, -0.2) is 0 Å². The Morgan fingerprint density at radius 3 is 2.76 bits per heavy atom. The SMILES string of the molecule is COCCN(C)C1CC(C(=O)NC[C@H](O)CN2CCC3CC(OCC4OCNC4C)CCC3C2)CC(NC2CCC2)N1. The van der Waals surface area contributed by atoms with E-state index in [4.69, 9.17) is 14.2 Å². The molecule has 0 bridgehead atoms. The fourth-order valence-corrected chi connectivity index (χ4v) is 7.58. The van der Waals surface area contributed by atoms with E-state index in [9.17, 15) is 9.90 Å². The summed E-state index contributed by atoms with van der Waals surface area (Å²) in [5.41, 5.74) is 0. The molecule has 5 rings (SSSR count). The van der Waals surface area contributed by atoms with Crippen LogP contribution in [0.2, 0.25) is 0 Å². The predicted octanol–water partition coefficient (Wildman–Crippen LogP) is 0.677. The Morgan fingerprint density at radius 1 is 1.17 bits per heavy atom. The van der Waals surface area contributed by atoms with Crippen LogP contribution in [0.5, 0.6) is 0 Å². The molecule has 1 amide bonds. The molecule has 3 saturated heterocycles. The molecule has 5 N–H and O–H groups in total. The van der Waals surface area contributed by atoms with E-state index < -0.39 is 6.10 Å². The molecule has 3 heterocycles. The molecule has 11 heteroatoms. The van der Waals surface area contributed by atoms with Crippen LogP contribution in [0.15, 0.2) is 0 Å². The van der Waals surface area contributed by atoms with E-state index in [1.165, 1.54) is 25.7 Å². The summed E-state index contributed by atoms with van der Waals surface area (Å²) in [5.74, 6) is 1.35. The Labute approximate surface area is 253 Å². The fourth-order valence-electron chi connectivity index (χ4n) is 7.58. The van der Waals surface area contributed by atoms with Crippen molar-refractivity contribution in [3.8, 4) is 0 Å². The van der Waals surface area contributed by atoms with Gasteiger partial charge in [0.2, 0.25) is 5.91 Å². The van der Waals surface area contributed by atoms with Crippen LogP contribution in [0, 0.1) is 17.8 Å². The molecule has 2 aliphatic carbocycles. The standard InChI is InChI=1S/C31H58N6O5/c1-21-28(42-20-33-21)19-41-27-8-7-23-17-37(10-9-22(23)13-27)18-26(38)16-32-31(39)24-14-29(34-25-5-4-6-25)35-30(15-24)36(2)11-12-40-3/h21-30,33-35,38H,4-20H2,1-3H3,(H,32,39)/t21?,22?,23?,24?,26-,27?,28?,29?,30?/m0/s1. The van der Waals surface area contributed by atoms with E-state index >= 15 is 0 Å². The number of nitrogens with one attached hydrogen (secondary N) is 4. The lowest BCUT2D eigenvalue weighted by Crippen LogP contribution is -2.62. The number of aliphatic hydroxyl groups excluding tert-OH is 1. The van der Waals surface area contributed by atoms with Gasteiger partial charge in [-0.05, 0) is 83.7 Å². The number of β-amino-alcohol motifs (C(OH)–C–C–N with tert-alkyl or cyclic N) is 1. The fraction of sp³-hybridized carbons (Fsp3) is 0.968. The Hall–Kier alpha value is -0.890. The third-order valence-electron chi connectivity index (χ3n) is 10.7. The number of piperidine rings is 2. The second-order valence-corrected chi connectivity index (χ2v) is 13.7. The van der Waals surface area contributed by atoms with Crippen LogP contribution < -0.4 is 21.3 Å². The Morgan fingerprint density at radius 2 is 2.02 bits per heavy atom. The first-order chi connectivity index (χ1) is 20.4. The number of aliphatic hydroxyl groups is 1. The monoisotopic (exact) mass is 594 g/mol. The smallest absolute Gasteiger partial charge is 0.223 e. The van der Waals surface area contributed by atoms with Crippen LogP contribution >= 0.6 is 0 Å². The molecule has 2 saturated carbocycles. The number of carbonyl (C=O) groups excluding carboxylic acids is 1. The van der Waals surface area contributed by atoms with Gasteiger partial charge in [0.15, 0.2) is 0 Å². The summed E-state index contributed by atoms with van der Waals surface area (Å²) < 4.78 is 17.3. The lowest BCUT2D eigenvalue weighted by Gasteiger charge is -2.44.